The number of carboxylic acid groups (broad SMARTS) is 1. The minimum absolute atomic E-state index is 0.0218. The van der Waals surface area contributed by atoms with E-state index in [-0.39, 0.29) is 22.9 Å². The highest BCUT2D eigenvalue weighted by Gasteiger charge is 2.14. The smallest absolute Gasteiger partial charge is 0.339 e. The number of hydrogen-bond donors (Lipinski definition) is 2. The summed E-state index contributed by atoms with van der Waals surface area (Å²) in [7, 11) is 1.45. The molecule has 0 bridgehead atoms. The van der Waals surface area contributed by atoms with Crippen LogP contribution in [0.15, 0.2) is 30.3 Å². The van der Waals surface area contributed by atoms with Crippen molar-refractivity contribution >= 4 is 11.9 Å². The molecule has 0 aliphatic heterocycles. The van der Waals surface area contributed by atoms with Crippen LogP contribution in [0.5, 0.6) is 17.4 Å². The number of methoxy groups -OCH3 is 1. The Balaban J connectivity index is 2.33. The van der Waals surface area contributed by atoms with Gasteiger partial charge in [0.2, 0.25) is 5.88 Å². The van der Waals surface area contributed by atoms with Gasteiger partial charge in [-0.2, -0.15) is 0 Å². The van der Waals surface area contributed by atoms with Crippen LogP contribution < -0.4 is 15.2 Å². The molecule has 0 unspecified atom stereocenters. The molecule has 1 aromatic heterocycles. The highest BCUT2D eigenvalue weighted by Crippen LogP contribution is 2.28. The number of hydrogen-bond acceptors (Lipinski definition) is 6. The van der Waals surface area contributed by atoms with Crippen molar-refractivity contribution < 1.29 is 24.2 Å². The number of carbonyl (C=O) groups excluding carboxylic acids is 1. The third kappa shape index (κ3) is 3.24. The summed E-state index contributed by atoms with van der Waals surface area (Å²) in [6.45, 7) is 0. The van der Waals surface area contributed by atoms with Crippen LogP contribution in [-0.2, 0) is 0 Å². The largest absolute Gasteiger partial charge is 0.497 e. The quantitative estimate of drug-likeness (QED) is 0.843. The predicted octanol–water partition coefficient (Wildman–Crippen LogP) is 1.07. The molecule has 8 heteroatoms. The van der Waals surface area contributed by atoms with Gasteiger partial charge in [-0.1, -0.05) is 0 Å². The lowest BCUT2D eigenvalue weighted by atomic mass is 10.2. The summed E-state index contributed by atoms with van der Waals surface area (Å²) in [5.41, 5.74) is 4.96. The van der Waals surface area contributed by atoms with Gasteiger partial charge in [0.1, 0.15) is 17.1 Å². The molecule has 2 rings (SSSR count). The first-order valence-electron chi connectivity index (χ1n) is 5.74. The number of nitrogens with zero attached hydrogens (tertiary/aromatic N) is 2. The zero-order chi connectivity index (χ0) is 15.4. The van der Waals surface area contributed by atoms with Crippen LogP contribution >= 0.6 is 0 Å². The highest BCUT2D eigenvalue weighted by molar-refractivity contribution is 5.91. The molecule has 0 aliphatic carbocycles. The van der Waals surface area contributed by atoms with Gasteiger partial charge in [-0.3, -0.25) is 4.79 Å². The number of rotatable bonds is 5. The molecule has 108 valence electrons. The van der Waals surface area contributed by atoms with Crippen molar-refractivity contribution in [1.82, 2.24) is 10.2 Å². The van der Waals surface area contributed by atoms with E-state index in [1.54, 1.807) is 0 Å². The van der Waals surface area contributed by atoms with Crippen LogP contribution in [0.3, 0.4) is 0 Å². The standard InChI is InChI=1S/C13H11N3O5/c1-20-7-2-3-8(13(18)19)10(6-7)21-11-5-4-9(12(14)17)15-16-11/h2-6H,1H3,(H2,14,17)(H,18,19). The maximum Gasteiger partial charge on any atom is 0.339 e. The number of aromatic carboxylic acids is 1. The van der Waals surface area contributed by atoms with Gasteiger partial charge in [0.05, 0.1) is 7.11 Å². The van der Waals surface area contributed by atoms with Gasteiger partial charge in [0.15, 0.2) is 5.69 Å². The van der Waals surface area contributed by atoms with E-state index >= 15 is 0 Å². The zero-order valence-electron chi connectivity index (χ0n) is 10.9. The minimum atomic E-state index is -1.16. The second kappa shape index (κ2) is 5.87. The fourth-order valence-corrected chi connectivity index (χ4v) is 1.51. The monoisotopic (exact) mass is 289 g/mol. The van der Waals surface area contributed by atoms with Crippen molar-refractivity contribution in [2.45, 2.75) is 0 Å². The lowest BCUT2D eigenvalue weighted by Gasteiger charge is -2.09. The van der Waals surface area contributed by atoms with E-state index in [2.05, 4.69) is 10.2 Å². The van der Waals surface area contributed by atoms with Crippen molar-refractivity contribution in [1.29, 1.82) is 0 Å². The lowest BCUT2D eigenvalue weighted by Crippen LogP contribution is -2.13. The first kappa shape index (κ1) is 14.3. The Labute approximate surface area is 119 Å². The normalized spacial score (nSPS) is 9.95. The molecule has 0 spiro atoms. The number of carboxylic acids is 1. The van der Waals surface area contributed by atoms with Crippen LogP contribution in [0.25, 0.3) is 0 Å². The summed E-state index contributed by atoms with van der Waals surface area (Å²) in [5.74, 6) is -1.38. The third-order valence-electron chi connectivity index (χ3n) is 2.53. The first-order valence-corrected chi connectivity index (χ1v) is 5.74. The maximum absolute atomic E-state index is 11.1. The van der Waals surface area contributed by atoms with E-state index in [0.29, 0.717) is 5.75 Å². The summed E-state index contributed by atoms with van der Waals surface area (Å²) in [5, 5.41) is 16.3. The minimum Gasteiger partial charge on any atom is -0.497 e. The topological polar surface area (TPSA) is 125 Å². The highest BCUT2D eigenvalue weighted by atomic mass is 16.5. The van der Waals surface area contributed by atoms with Gasteiger partial charge in [-0.15, -0.1) is 10.2 Å². The summed E-state index contributed by atoms with van der Waals surface area (Å²) in [6.07, 6.45) is 0. The molecular weight excluding hydrogens is 278 g/mol. The lowest BCUT2D eigenvalue weighted by molar-refractivity contribution is 0.0694. The number of carbonyl (C=O) groups is 2. The molecule has 0 atom stereocenters. The van der Waals surface area contributed by atoms with Gasteiger partial charge in [-0.25, -0.2) is 4.79 Å². The van der Waals surface area contributed by atoms with E-state index in [1.165, 1.54) is 37.4 Å². The number of ether oxygens (including phenoxy) is 2. The molecule has 21 heavy (non-hydrogen) atoms. The Kier molecular flexibility index (Phi) is 3.98. The molecule has 0 fully saturated rings. The van der Waals surface area contributed by atoms with E-state index in [4.69, 9.17) is 20.3 Å². The average molecular weight is 289 g/mol. The number of aromatic nitrogens is 2. The van der Waals surface area contributed by atoms with Crippen molar-refractivity contribution in [2.24, 2.45) is 5.73 Å². The molecule has 0 aliphatic rings. The fourth-order valence-electron chi connectivity index (χ4n) is 1.51. The van der Waals surface area contributed by atoms with Crippen LogP contribution in [0.4, 0.5) is 0 Å². The van der Waals surface area contributed by atoms with Crippen molar-refractivity contribution in [3.8, 4) is 17.4 Å². The Morgan fingerprint density at radius 1 is 1.19 bits per heavy atom. The van der Waals surface area contributed by atoms with Crippen LogP contribution in [0.2, 0.25) is 0 Å². The molecule has 0 radical (unpaired) electrons. The Morgan fingerprint density at radius 2 is 1.95 bits per heavy atom. The molecule has 1 aromatic carbocycles. The molecule has 0 saturated heterocycles. The molecule has 1 amide bonds. The second-order valence-corrected chi connectivity index (χ2v) is 3.89. The number of benzene rings is 1. The summed E-state index contributed by atoms with van der Waals surface area (Å²) in [4.78, 5) is 22.0. The van der Waals surface area contributed by atoms with E-state index < -0.39 is 11.9 Å². The van der Waals surface area contributed by atoms with Gasteiger partial charge >= 0.3 is 5.97 Å². The molecule has 0 saturated carbocycles. The van der Waals surface area contributed by atoms with Crippen molar-refractivity contribution in [2.75, 3.05) is 7.11 Å². The van der Waals surface area contributed by atoms with E-state index in [0.717, 1.165) is 0 Å². The summed E-state index contributed by atoms with van der Waals surface area (Å²) < 4.78 is 10.4. The number of primary amides is 1. The van der Waals surface area contributed by atoms with Crippen molar-refractivity contribution in [3.63, 3.8) is 0 Å². The van der Waals surface area contributed by atoms with Gasteiger partial charge in [-0.05, 0) is 18.2 Å². The SMILES string of the molecule is COc1ccc(C(=O)O)c(Oc2ccc(C(N)=O)nn2)c1. The zero-order valence-corrected chi connectivity index (χ0v) is 10.9. The van der Waals surface area contributed by atoms with E-state index in [9.17, 15) is 9.59 Å². The second-order valence-electron chi connectivity index (χ2n) is 3.89. The van der Waals surface area contributed by atoms with Crippen molar-refractivity contribution in [3.05, 3.63) is 41.6 Å². The Bertz CT molecular complexity index is 685. The number of amides is 1. The van der Waals surface area contributed by atoms with Crippen LogP contribution in [0, 0.1) is 0 Å². The van der Waals surface area contributed by atoms with Gasteiger partial charge in [0, 0.05) is 12.1 Å². The maximum atomic E-state index is 11.1. The molecule has 2 aromatic rings. The molecule has 3 N–H and O–H groups in total. The Hall–Kier alpha value is -3.16. The fraction of sp³-hybridized carbons (Fsp3) is 0.0769. The van der Waals surface area contributed by atoms with Gasteiger partial charge < -0.3 is 20.3 Å². The number of nitrogens with two attached hydrogens (primary N) is 1. The molecule has 8 nitrogen and oxygen atoms in total. The summed E-state index contributed by atoms with van der Waals surface area (Å²) in [6, 6.07) is 6.94. The third-order valence-corrected chi connectivity index (χ3v) is 2.53. The van der Waals surface area contributed by atoms with Crippen LogP contribution in [0.1, 0.15) is 20.8 Å². The first-order chi connectivity index (χ1) is 10.0. The van der Waals surface area contributed by atoms with Crippen LogP contribution in [-0.4, -0.2) is 34.3 Å². The predicted molar refractivity (Wildman–Crippen MR) is 70.6 cm³/mol. The molecular formula is C13H11N3O5. The van der Waals surface area contributed by atoms with E-state index in [1.807, 2.05) is 0 Å². The van der Waals surface area contributed by atoms with Gasteiger partial charge in [0.25, 0.3) is 5.91 Å². The summed E-state index contributed by atoms with van der Waals surface area (Å²) >= 11 is 0. The average Bonchev–Trinajstić information content (AvgIpc) is 2.47. The Morgan fingerprint density at radius 3 is 2.48 bits per heavy atom. The molecule has 1 heterocycles.